The summed E-state index contributed by atoms with van der Waals surface area (Å²) >= 11 is 0. The lowest BCUT2D eigenvalue weighted by atomic mass is 9.86. The highest BCUT2D eigenvalue weighted by molar-refractivity contribution is 5.80. The van der Waals surface area contributed by atoms with Crippen molar-refractivity contribution < 1.29 is 9.32 Å². The molecule has 0 spiro atoms. The zero-order valence-electron chi connectivity index (χ0n) is 15.1. The molecular formula is C21H25N3O2. The summed E-state index contributed by atoms with van der Waals surface area (Å²) in [6.07, 6.45) is 9.35. The van der Waals surface area contributed by atoms with Crippen LogP contribution in [0.4, 0.5) is 0 Å². The van der Waals surface area contributed by atoms with Crippen LogP contribution >= 0.6 is 0 Å². The van der Waals surface area contributed by atoms with Crippen molar-refractivity contribution in [1.82, 2.24) is 15.0 Å². The van der Waals surface area contributed by atoms with Gasteiger partial charge in [0.1, 0.15) is 0 Å². The van der Waals surface area contributed by atoms with Crippen molar-refractivity contribution in [3.8, 4) is 11.4 Å². The van der Waals surface area contributed by atoms with Gasteiger partial charge in [-0.15, -0.1) is 0 Å². The molecule has 5 rings (SSSR count). The summed E-state index contributed by atoms with van der Waals surface area (Å²) in [6.45, 7) is 1.45. The quantitative estimate of drug-likeness (QED) is 0.845. The Hall–Kier alpha value is -2.17. The maximum Gasteiger partial charge on any atom is 0.233 e. The van der Waals surface area contributed by atoms with E-state index in [-0.39, 0.29) is 11.8 Å². The Morgan fingerprint density at radius 1 is 1.04 bits per heavy atom. The molecule has 1 saturated carbocycles. The Bertz CT molecular complexity index is 816. The van der Waals surface area contributed by atoms with Gasteiger partial charge in [-0.25, -0.2) is 0 Å². The van der Waals surface area contributed by atoms with Gasteiger partial charge in [-0.1, -0.05) is 36.6 Å². The van der Waals surface area contributed by atoms with Crippen molar-refractivity contribution in [2.45, 2.75) is 57.3 Å². The number of aryl methyl sites for hydroxylation is 2. The van der Waals surface area contributed by atoms with Gasteiger partial charge in [-0.05, 0) is 49.3 Å². The first-order valence-electron chi connectivity index (χ1n) is 10.0. The van der Waals surface area contributed by atoms with E-state index in [1.807, 2.05) is 4.90 Å². The number of amides is 1. The van der Waals surface area contributed by atoms with Gasteiger partial charge in [-0.2, -0.15) is 4.98 Å². The topological polar surface area (TPSA) is 59.2 Å². The van der Waals surface area contributed by atoms with Crippen LogP contribution in [0.15, 0.2) is 22.7 Å². The van der Waals surface area contributed by atoms with Crippen molar-refractivity contribution in [1.29, 1.82) is 0 Å². The first-order chi connectivity index (χ1) is 12.8. The number of carbonyl (C=O) groups is 1. The van der Waals surface area contributed by atoms with Crippen LogP contribution in [-0.4, -0.2) is 34.0 Å². The van der Waals surface area contributed by atoms with Gasteiger partial charge in [-0.3, -0.25) is 4.79 Å². The summed E-state index contributed by atoms with van der Waals surface area (Å²) in [4.78, 5) is 19.1. The maximum absolute atomic E-state index is 12.6. The van der Waals surface area contributed by atoms with E-state index in [2.05, 4.69) is 28.3 Å². The van der Waals surface area contributed by atoms with Crippen molar-refractivity contribution in [3.63, 3.8) is 0 Å². The van der Waals surface area contributed by atoms with Crippen LogP contribution < -0.4 is 0 Å². The normalized spacial score (nSPS) is 20.8. The summed E-state index contributed by atoms with van der Waals surface area (Å²) in [6, 6.07) is 6.50. The van der Waals surface area contributed by atoms with Crippen molar-refractivity contribution in [3.05, 3.63) is 35.2 Å². The number of hydrogen-bond acceptors (Lipinski definition) is 4. The maximum atomic E-state index is 12.6. The summed E-state index contributed by atoms with van der Waals surface area (Å²) < 4.78 is 5.52. The van der Waals surface area contributed by atoms with Crippen molar-refractivity contribution in [2.75, 3.05) is 13.1 Å². The van der Waals surface area contributed by atoms with Crippen molar-refractivity contribution in [2.24, 2.45) is 5.92 Å². The molecule has 0 radical (unpaired) electrons. The standard InChI is InChI=1S/C21H25N3O2/c25-21(15-5-2-1-3-6-15)24-12-18(13-24)20-22-19(23-26-20)17-10-9-14-7-4-8-16(14)11-17/h9-11,15,18H,1-8,12-13H2. The van der Waals surface area contributed by atoms with Crippen LogP contribution in [-0.2, 0) is 17.6 Å². The first-order valence-corrected chi connectivity index (χ1v) is 10.0. The lowest BCUT2D eigenvalue weighted by Crippen LogP contribution is -2.51. The molecule has 136 valence electrons. The number of hydrogen-bond donors (Lipinski definition) is 0. The fourth-order valence-electron chi connectivity index (χ4n) is 4.65. The number of fused-ring (bicyclic) bond motifs is 1. The predicted octanol–water partition coefficient (Wildman–Crippen LogP) is 3.73. The zero-order chi connectivity index (χ0) is 17.5. The number of likely N-dealkylation sites (tertiary alicyclic amines) is 1. The van der Waals surface area contributed by atoms with Crippen LogP contribution in [0.25, 0.3) is 11.4 Å². The van der Waals surface area contributed by atoms with Crippen LogP contribution in [0.1, 0.15) is 61.5 Å². The van der Waals surface area contributed by atoms with Gasteiger partial charge in [0.25, 0.3) is 0 Å². The third-order valence-electron chi connectivity index (χ3n) is 6.30. The van der Waals surface area contributed by atoms with Gasteiger partial charge in [0.15, 0.2) is 0 Å². The molecule has 1 saturated heterocycles. The highest BCUT2D eigenvalue weighted by Gasteiger charge is 2.38. The molecule has 2 fully saturated rings. The Kier molecular flexibility index (Phi) is 4.03. The van der Waals surface area contributed by atoms with Gasteiger partial charge >= 0.3 is 0 Å². The molecule has 0 unspecified atom stereocenters. The van der Waals surface area contributed by atoms with E-state index in [1.54, 1.807) is 0 Å². The average molecular weight is 351 g/mol. The molecule has 5 heteroatoms. The molecule has 3 aliphatic rings. The van der Waals surface area contributed by atoms with E-state index >= 15 is 0 Å². The smallest absolute Gasteiger partial charge is 0.233 e. The minimum Gasteiger partial charge on any atom is -0.341 e. The molecule has 0 N–H and O–H groups in total. The highest BCUT2D eigenvalue weighted by Crippen LogP contribution is 2.33. The molecule has 2 aromatic rings. The van der Waals surface area contributed by atoms with E-state index in [0.717, 1.165) is 37.9 Å². The second-order valence-electron chi connectivity index (χ2n) is 8.07. The molecule has 0 bridgehead atoms. The van der Waals surface area contributed by atoms with Gasteiger partial charge < -0.3 is 9.42 Å². The SMILES string of the molecule is O=C(C1CCCCC1)N1CC(c2nc(-c3ccc4c(c3)CCC4)no2)C1. The lowest BCUT2D eigenvalue weighted by Gasteiger charge is -2.39. The van der Waals surface area contributed by atoms with Gasteiger partial charge in [0.2, 0.25) is 17.6 Å². The molecule has 5 nitrogen and oxygen atoms in total. The minimum atomic E-state index is 0.193. The Balaban J connectivity index is 1.23. The summed E-state index contributed by atoms with van der Waals surface area (Å²) in [5, 5.41) is 4.19. The molecule has 2 aliphatic carbocycles. The fourth-order valence-corrected chi connectivity index (χ4v) is 4.65. The van der Waals surface area contributed by atoms with Crippen LogP contribution in [0.5, 0.6) is 0 Å². The Labute approximate surface area is 153 Å². The van der Waals surface area contributed by atoms with E-state index in [1.165, 1.54) is 43.2 Å². The number of benzene rings is 1. The molecular weight excluding hydrogens is 326 g/mol. The molecule has 26 heavy (non-hydrogen) atoms. The predicted molar refractivity (Wildman–Crippen MR) is 97.7 cm³/mol. The number of rotatable bonds is 3. The van der Waals surface area contributed by atoms with Gasteiger partial charge in [0, 0.05) is 24.6 Å². The minimum absolute atomic E-state index is 0.193. The van der Waals surface area contributed by atoms with Crippen molar-refractivity contribution >= 4 is 5.91 Å². The highest BCUT2D eigenvalue weighted by atomic mass is 16.5. The summed E-state index contributed by atoms with van der Waals surface area (Å²) in [7, 11) is 0. The molecule has 1 amide bonds. The molecule has 1 aliphatic heterocycles. The average Bonchev–Trinajstić information content (AvgIpc) is 3.30. The summed E-state index contributed by atoms with van der Waals surface area (Å²) in [5.41, 5.74) is 3.91. The number of aromatic nitrogens is 2. The van der Waals surface area contributed by atoms with E-state index < -0.39 is 0 Å². The lowest BCUT2D eigenvalue weighted by molar-refractivity contribution is -0.141. The third kappa shape index (κ3) is 2.83. The Morgan fingerprint density at radius 2 is 1.85 bits per heavy atom. The monoisotopic (exact) mass is 351 g/mol. The number of nitrogens with zero attached hydrogens (tertiary/aromatic N) is 3. The first kappa shape index (κ1) is 16.0. The van der Waals surface area contributed by atoms with Gasteiger partial charge in [0.05, 0.1) is 5.92 Å². The Morgan fingerprint density at radius 3 is 2.69 bits per heavy atom. The molecule has 2 heterocycles. The van der Waals surface area contributed by atoms with E-state index in [0.29, 0.717) is 17.6 Å². The number of carbonyl (C=O) groups excluding carboxylic acids is 1. The molecule has 1 aromatic heterocycles. The summed E-state index contributed by atoms with van der Waals surface area (Å²) in [5.74, 6) is 2.12. The fraction of sp³-hybridized carbons (Fsp3) is 0.571. The van der Waals surface area contributed by atoms with Crippen LogP contribution in [0, 0.1) is 5.92 Å². The second kappa shape index (κ2) is 6.53. The second-order valence-corrected chi connectivity index (χ2v) is 8.07. The van der Waals surface area contributed by atoms with Crippen LogP contribution in [0.3, 0.4) is 0 Å². The molecule has 0 atom stereocenters. The van der Waals surface area contributed by atoms with E-state index in [4.69, 9.17) is 4.52 Å². The van der Waals surface area contributed by atoms with Crippen LogP contribution in [0.2, 0.25) is 0 Å². The largest absolute Gasteiger partial charge is 0.341 e. The third-order valence-corrected chi connectivity index (χ3v) is 6.30. The molecule has 1 aromatic carbocycles. The van der Waals surface area contributed by atoms with E-state index in [9.17, 15) is 4.79 Å². The zero-order valence-corrected chi connectivity index (χ0v) is 15.1.